The molecule has 2 aromatic heterocycles. The second-order valence-electron chi connectivity index (χ2n) is 5.25. The van der Waals surface area contributed by atoms with E-state index in [1.807, 2.05) is 0 Å². The molecule has 3 aromatic rings. The van der Waals surface area contributed by atoms with E-state index in [1.165, 1.54) is 31.2 Å². The van der Waals surface area contributed by atoms with Crippen LogP contribution in [-0.2, 0) is 0 Å². The quantitative estimate of drug-likeness (QED) is 0.695. The Labute approximate surface area is 144 Å². The molecule has 3 rings (SSSR count). The van der Waals surface area contributed by atoms with E-state index in [9.17, 15) is 22.4 Å². The highest BCUT2D eigenvalue weighted by molar-refractivity contribution is 6.08. The van der Waals surface area contributed by atoms with Crippen LogP contribution in [0, 0.1) is 6.92 Å². The zero-order chi connectivity index (χ0) is 18.8. The number of fused-ring (bicyclic) bond motifs is 1. The predicted octanol–water partition coefficient (Wildman–Crippen LogP) is 3.83. The number of aromatic nitrogens is 3. The smallest absolute Gasteiger partial charge is 0.387 e. The van der Waals surface area contributed by atoms with E-state index in [2.05, 4.69) is 20.1 Å². The molecule has 0 atom stereocenters. The summed E-state index contributed by atoms with van der Waals surface area (Å²) in [4.78, 5) is 16.6. The molecule has 0 aliphatic rings. The predicted molar refractivity (Wildman–Crippen MR) is 83.7 cm³/mol. The third-order valence-corrected chi connectivity index (χ3v) is 3.45. The first-order chi connectivity index (χ1) is 12.4. The van der Waals surface area contributed by atoms with Crippen molar-refractivity contribution in [2.24, 2.45) is 0 Å². The minimum atomic E-state index is -3.07. The van der Waals surface area contributed by atoms with Crippen LogP contribution in [0.1, 0.15) is 28.2 Å². The van der Waals surface area contributed by atoms with Gasteiger partial charge in [-0.25, -0.2) is 18.3 Å². The zero-order valence-electron chi connectivity index (χ0n) is 13.3. The molecule has 0 bridgehead atoms. The summed E-state index contributed by atoms with van der Waals surface area (Å²) in [5.41, 5.74) is -0.275. The number of aryl methyl sites for hydroxylation is 1. The van der Waals surface area contributed by atoms with E-state index >= 15 is 0 Å². The van der Waals surface area contributed by atoms with Crippen LogP contribution in [0.5, 0.6) is 5.75 Å². The topological polar surface area (TPSA) is 68.5 Å². The van der Waals surface area contributed by atoms with Crippen LogP contribution >= 0.6 is 0 Å². The van der Waals surface area contributed by atoms with Crippen molar-refractivity contribution in [1.82, 2.24) is 14.6 Å². The van der Waals surface area contributed by atoms with Gasteiger partial charge in [-0.1, -0.05) is 12.1 Å². The molecular weight excluding hydrogens is 356 g/mol. The molecule has 1 aromatic carbocycles. The molecule has 1 amide bonds. The molecule has 26 heavy (non-hydrogen) atoms. The molecule has 2 heterocycles. The van der Waals surface area contributed by atoms with Gasteiger partial charge in [-0.2, -0.15) is 13.9 Å². The molecular formula is C16H12F4N4O2. The van der Waals surface area contributed by atoms with Crippen LogP contribution in [0.3, 0.4) is 0 Å². The van der Waals surface area contributed by atoms with Crippen molar-refractivity contribution in [1.29, 1.82) is 0 Å². The fourth-order valence-electron chi connectivity index (χ4n) is 2.39. The number of amides is 1. The molecule has 1 N–H and O–H groups in total. The number of benzene rings is 1. The Morgan fingerprint density at radius 2 is 1.96 bits per heavy atom. The number of anilines is 1. The van der Waals surface area contributed by atoms with Crippen molar-refractivity contribution < 1.29 is 27.1 Å². The Kier molecular flexibility index (Phi) is 4.74. The number of para-hydroxylation sites is 2. The minimum absolute atomic E-state index is 0.00103. The average molecular weight is 368 g/mol. The fourth-order valence-corrected chi connectivity index (χ4v) is 2.39. The van der Waals surface area contributed by atoms with E-state index in [-0.39, 0.29) is 28.3 Å². The lowest BCUT2D eigenvalue weighted by Crippen LogP contribution is -2.14. The van der Waals surface area contributed by atoms with Crippen LogP contribution < -0.4 is 10.1 Å². The number of hydrogen-bond acceptors (Lipinski definition) is 4. The summed E-state index contributed by atoms with van der Waals surface area (Å²) in [7, 11) is 0. The molecule has 10 heteroatoms. The highest BCUT2D eigenvalue weighted by Crippen LogP contribution is 2.27. The molecule has 0 saturated heterocycles. The summed E-state index contributed by atoms with van der Waals surface area (Å²) >= 11 is 0. The number of carbonyl (C=O) groups is 1. The van der Waals surface area contributed by atoms with E-state index < -0.39 is 24.6 Å². The molecule has 0 spiro atoms. The first-order valence-corrected chi connectivity index (χ1v) is 7.35. The number of nitrogens with one attached hydrogen (secondary N) is 1. The summed E-state index contributed by atoms with van der Waals surface area (Å²) < 4.78 is 56.4. The Morgan fingerprint density at radius 1 is 1.23 bits per heavy atom. The fraction of sp³-hybridized carbons (Fsp3) is 0.188. The first kappa shape index (κ1) is 17.6. The SMILES string of the molecule is Cc1cc(C(F)F)n2ncc(C(=O)Nc3ccccc3OC(F)F)c2n1. The van der Waals surface area contributed by atoms with Gasteiger partial charge in [0.2, 0.25) is 0 Å². The van der Waals surface area contributed by atoms with Crippen LogP contribution in [0.4, 0.5) is 23.2 Å². The lowest BCUT2D eigenvalue weighted by atomic mass is 10.2. The number of halogens is 4. The van der Waals surface area contributed by atoms with Gasteiger partial charge in [0.25, 0.3) is 12.3 Å². The van der Waals surface area contributed by atoms with Crippen LogP contribution in [-0.4, -0.2) is 27.1 Å². The molecule has 0 fully saturated rings. The average Bonchev–Trinajstić information content (AvgIpc) is 2.99. The van der Waals surface area contributed by atoms with Gasteiger partial charge in [-0.15, -0.1) is 0 Å². The molecule has 0 aliphatic carbocycles. The van der Waals surface area contributed by atoms with E-state index in [0.29, 0.717) is 0 Å². The molecule has 0 saturated carbocycles. The summed E-state index contributed by atoms with van der Waals surface area (Å²) in [6, 6.07) is 6.77. The number of ether oxygens (including phenoxy) is 1. The third kappa shape index (κ3) is 3.44. The maximum absolute atomic E-state index is 13.1. The molecule has 136 valence electrons. The first-order valence-electron chi connectivity index (χ1n) is 7.35. The summed E-state index contributed by atoms with van der Waals surface area (Å²) in [5, 5.41) is 6.18. The lowest BCUT2D eigenvalue weighted by Gasteiger charge is -2.11. The third-order valence-electron chi connectivity index (χ3n) is 3.45. The van der Waals surface area contributed by atoms with E-state index in [1.54, 1.807) is 0 Å². The van der Waals surface area contributed by atoms with Crippen molar-refractivity contribution >= 4 is 17.2 Å². The Balaban J connectivity index is 1.97. The van der Waals surface area contributed by atoms with Gasteiger partial charge in [0.05, 0.1) is 11.9 Å². The molecule has 0 aliphatic heterocycles. The largest absolute Gasteiger partial charge is 0.433 e. The van der Waals surface area contributed by atoms with Crippen LogP contribution in [0.25, 0.3) is 5.65 Å². The van der Waals surface area contributed by atoms with Gasteiger partial charge in [0.1, 0.15) is 17.0 Å². The Morgan fingerprint density at radius 3 is 2.65 bits per heavy atom. The standard InChI is InChI=1S/C16H12F4N4O2/c1-8-6-11(13(17)18)24-14(22-8)9(7-21-24)15(25)23-10-4-2-3-5-12(10)26-16(19)20/h2-7,13,16H,1H3,(H,23,25). The summed E-state index contributed by atoms with van der Waals surface area (Å²) in [5.74, 6) is -0.978. The van der Waals surface area contributed by atoms with Crippen molar-refractivity contribution in [3.63, 3.8) is 0 Å². The molecule has 0 unspecified atom stereocenters. The van der Waals surface area contributed by atoms with Crippen molar-refractivity contribution in [3.8, 4) is 5.75 Å². The number of nitrogens with zero attached hydrogens (tertiary/aromatic N) is 3. The summed E-state index contributed by atoms with van der Waals surface area (Å²) in [6.07, 6.45) is -1.73. The van der Waals surface area contributed by atoms with Crippen molar-refractivity contribution in [2.45, 2.75) is 20.0 Å². The van der Waals surface area contributed by atoms with Crippen LogP contribution in [0.15, 0.2) is 36.5 Å². The minimum Gasteiger partial charge on any atom is -0.433 e. The van der Waals surface area contributed by atoms with Gasteiger partial charge >= 0.3 is 6.61 Å². The normalized spacial score (nSPS) is 11.3. The van der Waals surface area contributed by atoms with E-state index in [0.717, 1.165) is 16.8 Å². The monoisotopic (exact) mass is 368 g/mol. The van der Waals surface area contributed by atoms with Gasteiger partial charge < -0.3 is 10.1 Å². The van der Waals surface area contributed by atoms with Crippen molar-refractivity contribution in [2.75, 3.05) is 5.32 Å². The number of carbonyl (C=O) groups excluding carboxylic acids is 1. The molecule has 6 nitrogen and oxygen atoms in total. The zero-order valence-corrected chi connectivity index (χ0v) is 13.3. The molecule has 0 radical (unpaired) electrons. The number of rotatable bonds is 5. The van der Waals surface area contributed by atoms with Crippen molar-refractivity contribution in [3.05, 3.63) is 53.5 Å². The van der Waals surface area contributed by atoms with Gasteiger partial charge in [-0.05, 0) is 25.1 Å². The summed E-state index contributed by atoms with van der Waals surface area (Å²) in [6.45, 7) is -1.56. The maximum Gasteiger partial charge on any atom is 0.387 e. The number of alkyl halides is 4. The highest BCUT2D eigenvalue weighted by atomic mass is 19.3. The lowest BCUT2D eigenvalue weighted by molar-refractivity contribution is -0.0493. The number of hydrogen-bond donors (Lipinski definition) is 1. The van der Waals surface area contributed by atoms with Gasteiger partial charge in [-0.3, -0.25) is 4.79 Å². The highest BCUT2D eigenvalue weighted by Gasteiger charge is 2.21. The second kappa shape index (κ2) is 6.98. The van der Waals surface area contributed by atoms with Crippen LogP contribution in [0.2, 0.25) is 0 Å². The second-order valence-corrected chi connectivity index (χ2v) is 5.25. The van der Waals surface area contributed by atoms with Gasteiger partial charge in [0.15, 0.2) is 5.65 Å². The Bertz CT molecular complexity index is 959. The van der Waals surface area contributed by atoms with Gasteiger partial charge in [0, 0.05) is 5.69 Å². The van der Waals surface area contributed by atoms with E-state index in [4.69, 9.17) is 0 Å². The Hall–Kier alpha value is -3.17. The maximum atomic E-state index is 13.1.